The molecule has 1 aliphatic heterocycles. The lowest BCUT2D eigenvalue weighted by Crippen LogP contribution is -2.39. The second-order valence-electron chi connectivity index (χ2n) is 5.19. The summed E-state index contributed by atoms with van der Waals surface area (Å²) in [6.45, 7) is 1.77. The zero-order chi connectivity index (χ0) is 14.7. The van der Waals surface area contributed by atoms with Crippen LogP contribution in [0.5, 0.6) is 0 Å². The third-order valence-corrected chi connectivity index (χ3v) is 3.89. The summed E-state index contributed by atoms with van der Waals surface area (Å²) in [5, 5.41) is 3.67. The fourth-order valence-electron chi connectivity index (χ4n) is 2.78. The molecule has 1 saturated heterocycles. The van der Waals surface area contributed by atoms with Crippen LogP contribution in [0.25, 0.3) is 10.9 Å². The average Bonchev–Trinajstić information content (AvgIpc) is 2.55. The molecule has 0 aliphatic carbocycles. The first-order chi connectivity index (χ1) is 10.3. The summed E-state index contributed by atoms with van der Waals surface area (Å²) in [5.74, 6) is 0. The summed E-state index contributed by atoms with van der Waals surface area (Å²) in [6.07, 6.45) is 3.22. The van der Waals surface area contributed by atoms with Crippen LogP contribution in [0.15, 0.2) is 36.5 Å². The number of ether oxygens (including phenoxy) is 1. The number of benzene rings is 1. The fourth-order valence-corrected chi connectivity index (χ4v) is 2.78. The highest BCUT2D eigenvalue weighted by molar-refractivity contribution is 5.91. The van der Waals surface area contributed by atoms with Gasteiger partial charge in [-0.1, -0.05) is 18.2 Å². The van der Waals surface area contributed by atoms with E-state index in [1.54, 1.807) is 7.05 Å². The molecule has 110 valence electrons. The van der Waals surface area contributed by atoms with Crippen molar-refractivity contribution in [2.24, 2.45) is 0 Å². The van der Waals surface area contributed by atoms with Gasteiger partial charge >= 0.3 is 6.09 Å². The van der Waals surface area contributed by atoms with Gasteiger partial charge in [0.1, 0.15) is 6.10 Å². The van der Waals surface area contributed by atoms with Gasteiger partial charge in [0.25, 0.3) is 0 Å². The lowest BCUT2D eigenvalue weighted by atomic mass is 10.1. The first-order valence-electron chi connectivity index (χ1n) is 7.25. The largest absolute Gasteiger partial charge is 0.446 e. The van der Waals surface area contributed by atoms with Crippen LogP contribution in [-0.4, -0.2) is 37.3 Å². The van der Waals surface area contributed by atoms with E-state index >= 15 is 0 Å². The lowest BCUT2D eigenvalue weighted by Gasteiger charge is -2.33. The van der Waals surface area contributed by atoms with E-state index in [-0.39, 0.29) is 12.2 Å². The molecule has 0 unspecified atom stereocenters. The van der Waals surface area contributed by atoms with Crippen molar-refractivity contribution in [2.45, 2.75) is 18.9 Å². The number of para-hydroxylation sites is 1. The normalized spacial score (nSPS) is 16.0. The Bertz CT molecular complexity index is 631. The van der Waals surface area contributed by atoms with Crippen LogP contribution in [0.4, 0.5) is 10.5 Å². The van der Waals surface area contributed by atoms with Crippen LogP contribution in [0.1, 0.15) is 12.8 Å². The molecule has 2 aromatic rings. The van der Waals surface area contributed by atoms with Crippen LogP contribution < -0.4 is 10.2 Å². The van der Waals surface area contributed by atoms with Gasteiger partial charge in [-0.15, -0.1) is 0 Å². The number of fused-ring (bicyclic) bond motifs is 1. The molecule has 1 aromatic carbocycles. The zero-order valence-corrected chi connectivity index (χ0v) is 12.1. The Morgan fingerprint density at radius 3 is 2.81 bits per heavy atom. The highest BCUT2D eigenvalue weighted by Gasteiger charge is 2.23. The van der Waals surface area contributed by atoms with Crippen LogP contribution >= 0.6 is 0 Å². The molecular formula is C16H19N3O2. The number of piperidine rings is 1. The molecule has 1 amide bonds. The van der Waals surface area contributed by atoms with Gasteiger partial charge in [-0.2, -0.15) is 0 Å². The van der Waals surface area contributed by atoms with E-state index in [2.05, 4.69) is 27.3 Å². The topological polar surface area (TPSA) is 54.5 Å². The fraction of sp³-hybridized carbons (Fsp3) is 0.375. The highest BCUT2D eigenvalue weighted by Crippen LogP contribution is 2.28. The van der Waals surface area contributed by atoms with Crippen molar-refractivity contribution >= 4 is 22.7 Å². The monoisotopic (exact) mass is 285 g/mol. The van der Waals surface area contributed by atoms with Crippen molar-refractivity contribution in [3.8, 4) is 0 Å². The van der Waals surface area contributed by atoms with E-state index in [0.29, 0.717) is 0 Å². The van der Waals surface area contributed by atoms with Gasteiger partial charge in [-0.05, 0) is 12.1 Å². The van der Waals surface area contributed by atoms with Crippen molar-refractivity contribution in [1.82, 2.24) is 10.3 Å². The van der Waals surface area contributed by atoms with Gasteiger partial charge in [0.05, 0.1) is 5.52 Å². The molecule has 3 rings (SSSR count). The Labute approximate surface area is 123 Å². The number of rotatable bonds is 2. The maximum Gasteiger partial charge on any atom is 0.407 e. The van der Waals surface area contributed by atoms with Crippen molar-refractivity contribution in [3.63, 3.8) is 0 Å². The Hall–Kier alpha value is -2.30. The summed E-state index contributed by atoms with van der Waals surface area (Å²) < 4.78 is 5.32. The molecule has 2 heterocycles. The molecule has 21 heavy (non-hydrogen) atoms. The Kier molecular flexibility index (Phi) is 3.90. The number of hydrogen-bond donors (Lipinski definition) is 1. The zero-order valence-electron chi connectivity index (χ0n) is 12.1. The molecule has 5 heteroatoms. The number of carbonyl (C=O) groups excluding carboxylic acids is 1. The maximum absolute atomic E-state index is 11.3. The van der Waals surface area contributed by atoms with Gasteiger partial charge < -0.3 is 15.0 Å². The van der Waals surface area contributed by atoms with E-state index in [9.17, 15) is 4.79 Å². The summed E-state index contributed by atoms with van der Waals surface area (Å²) in [5.41, 5.74) is 2.22. The molecule has 0 bridgehead atoms. The number of alkyl carbamates (subject to hydrolysis) is 1. The SMILES string of the molecule is CNC(=O)OC1CCN(c2ccnc3ccccc23)CC1. The second kappa shape index (κ2) is 5.99. The summed E-state index contributed by atoms with van der Waals surface area (Å²) >= 11 is 0. The number of hydrogen-bond acceptors (Lipinski definition) is 4. The molecule has 1 aliphatic rings. The number of nitrogens with zero attached hydrogens (tertiary/aromatic N) is 2. The summed E-state index contributed by atoms with van der Waals surface area (Å²) in [4.78, 5) is 18.0. The molecule has 5 nitrogen and oxygen atoms in total. The highest BCUT2D eigenvalue weighted by atomic mass is 16.6. The molecular weight excluding hydrogens is 266 g/mol. The van der Waals surface area contributed by atoms with Crippen LogP contribution in [-0.2, 0) is 4.74 Å². The van der Waals surface area contributed by atoms with Crippen molar-refractivity contribution in [2.75, 3.05) is 25.0 Å². The Morgan fingerprint density at radius 2 is 2.05 bits per heavy atom. The molecule has 0 radical (unpaired) electrons. The Morgan fingerprint density at radius 1 is 1.29 bits per heavy atom. The molecule has 1 N–H and O–H groups in total. The summed E-state index contributed by atoms with van der Waals surface area (Å²) in [6, 6.07) is 10.2. The quantitative estimate of drug-likeness (QED) is 0.921. The number of anilines is 1. The van der Waals surface area contributed by atoms with Gasteiger partial charge in [0, 0.05) is 50.2 Å². The first kappa shape index (κ1) is 13.7. The van der Waals surface area contributed by atoms with Gasteiger partial charge in [0.15, 0.2) is 0 Å². The van der Waals surface area contributed by atoms with Crippen LogP contribution in [0, 0.1) is 0 Å². The van der Waals surface area contributed by atoms with Crippen molar-refractivity contribution in [3.05, 3.63) is 36.5 Å². The van der Waals surface area contributed by atoms with E-state index in [4.69, 9.17) is 4.74 Å². The Balaban J connectivity index is 1.73. The van der Waals surface area contributed by atoms with E-state index in [1.165, 1.54) is 11.1 Å². The minimum absolute atomic E-state index is 0.00861. The lowest BCUT2D eigenvalue weighted by molar-refractivity contribution is 0.0849. The predicted octanol–water partition coefficient (Wildman–Crippen LogP) is 2.56. The van der Waals surface area contributed by atoms with Crippen molar-refractivity contribution in [1.29, 1.82) is 0 Å². The van der Waals surface area contributed by atoms with Gasteiger partial charge in [0.2, 0.25) is 0 Å². The molecule has 0 saturated carbocycles. The number of pyridine rings is 1. The average molecular weight is 285 g/mol. The van der Waals surface area contributed by atoms with Gasteiger partial charge in [-0.25, -0.2) is 4.79 Å². The molecule has 1 aromatic heterocycles. The molecule has 0 atom stereocenters. The number of nitrogens with one attached hydrogen (secondary N) is 1. The molecule has 1 fully saturated rings. The van der Waals surface area contributed by atoms with E-state index in [1.807, 2.05) is 24.4 Å². The van der Waals surface area contributed by atoms with E-state index < -0.39 is 0 Å². The summed E-state index contributed by atoms with van der Waals surface area (Å²) in [7, 11) is 1.58. The molecule has 0 spiro atoms. The third-order valence-electron chi connectivity index (χ3n) is 3.89. The number of amides is 1. The van der Waals surface area contributed by atoms with E-state index in [0.717, 1.165) is 31.4 Å². The minimum atomic E-state index is -0.345. The maximum atomic E-state index is 11.3. The number of carbonyl (C=O) groups is 1. The predicted molar refractivity (Wildman–Crippen MR) is 82.5 cm³/mol. The number of aromatic nitrogens is 1. The minimum Gasteiger partial charge on any atom is -0.446 e. The second-order valence-corrected chi connectivity index (χ2v) is 5.19. The van der Waals surface area contributed by atoms with Crippen LogP contribution in [0.2, 0.25) is 0 Å². The third kappa shape index (κ3) is 2.91. The van der Waals surface area contributed by atoms with Crippen LogP contribution in [0.3, 0.4) is 0 Å². The smallest absolute Gasteiger partial charge is 0.407 e. The first-order valence-corrected chi connectivity index (χ1v) is 7.25. The standard InChI is InChI=1S/C16H19N3O2/c1-17-16(20)21-12-7-10-19(11-8-12)15-6-9-18-14-5-3-2-4-13(14)15/h2-6,9,12H,7-8,10-11H2,1H3,(H,17,20). The van der Waals surface area contributed by atoms with Crippen molar-refractivity contribution < 1.29 is 9.53 Å². The van der Waals surface area contributed by atoms with Gasteiger partial charge in [-0.3, -0.25) is 4.98 Å².